The van der Waals surface area contributed by atoms with Crippen molar-refractivity contribution in [2.75, 3.05) is 6.54 Å². The summed E-state index contributed by atoms with van der Waals surface area (Å²) in [4.78, 5) is 13.5. The minimum Gasteiger partial charge on any atom is -0.333 e. The molecule has 0 saturated carbocycles. The van der Waals surface area contributed by atoms with Crippen molar-refractivity contribution >= 4 is 6.03 Å². The molecule has 0 aliphatic carbocycles. The van der Waals surface area contributed by atoms with E-state index in [9.17, 15) is 4.79 Å². The first kappa shape index (κ1) is 10.4. The van der Waals surface area contributed by atoms with Gasteiger partial charge in [0.15, 0.2) is 0 Å². The van der Waals surface area contributed by atoms with E-state index in [1.807, 2.05) is 4.90 Å². The zero-order chi connectivity index (χ0) is 10.2. The third-order valence-electron chi connectivity index (χ3n) is 2.55. The van der Waals surface area contributed by atoms with Gasteiger partial charge in [-0.2, -0.15) is 0 Å². The molecule has 1 aliphatic rings. The minimum atomic E-state index is -0.0618. The number of amides is 2. The maximum atomic E-state index is 11.6. The molecule has 2 amide bonds. The van der Waals surface area contributed by atoms with Crippen LogP contribution >= 0.6 is 0 Å². The average Bonchev–Trinajstić information content (AvgIpc) is 2.29. The Labute approximate surface area is 80.5 Å². The summed E-state index contributed by atoms with van der Waals surface area (Å²) in [7, 11) is 0. The van der Waals surface area contributed by atoms with Gasteiger partial charge in [0.25, 0.3) is 0 Å². The van der Waals surface area contributed by atoms with Crippen LogP contribution in [0.2, 0.25) is 0 Å². The molecule has 1 unspecified atom stereocenters. The molecule has 13 heavy (non-hydrogen) atoms. The van der Waals surface area contributed by atoms with Gasteiger partial charge in [-0.05, 0) is 26.7 Å². The first-order valence-corrected chi connectivity index (χ1v) is 4.90. The summed E-state index contributed by atoms with van der Waals surface area (Å²) < 4.78 is 0. The Morgan fingerprint density at radius 3 is 2.23 bits per heavy atom. The molecule has 0 aromatic carbocycles. The predicted molar refractivity (Wildman–Crippen MR) is 53.6 cm³/mol. The van der Waals surface area contributed by atoms with Gasteiger partial charge in [-0.3, -0.25) is 0 Å². The third-order valence-corrected chi connectivity index (χ3v) is 2.55. The topological polar surface area (TPSA) is 32.3 Å². The summed E-state index contributed by atoms with van der Waals surface area (Å²) in [5, 5.41) is 3.00. The van der Waals surface area contributed by atoms with Crippen molar-refractivity contribution in [1.82, 2.24) is 10.2 Å². The molecule has 1 N–H and O–H groups in total. The molecule has 1 atom stereocenters. The van der Waals surface area contributed by atoms with E-state index < -0.39 is 0 Å². The molecule has 0 aromatic rings. The zero-order valence-electron chi connectivity index (χ0n) is 9.22. The molecule has 3 nitrogen and oxygen atoms in total. The smallest absolute Gasteiger partial charge is 0.318 e. The van der Waals surface area contributed by atoms with Gasteiger partial charge < -0.3 is 10.2 Å². The molecule has 1 saturated heterocycles. The lowest BCUT2D eigenvalue weighted by Gasteiger charge is -2.30. The molecule has 0 radical (unpaired) electrons. The Morgan fingerprint density at radius 1 is 1.46 bits per heavy atom. The molecule has 0 aromatic heterocycles. The maximum Gasteiger partial charge on any atom is 0.318 e. The highest BCUT2D eigenvalue weighted by atomic mass is 16.2. The molecule has 1 fully saturated rings. The average molecular weight is 184 g/mol. The highest BCUT2D eigenvalue weighted by molar-refractivity contribution is 5.77. The molecule has 1 rings (SSSR count). The fourth-order valence-corrected chi connectivity index (χ4v) is 1.52. The predicted octanol–water partition coefficient (Wildman–Crippen LogP) is 1.83. The Morgan fingerprint density at radius 2 is 2.00 bits per heavy atom. The van der Waals surface area contributed by atoms with Crippen molar-refractivity contribution in [3.05, 3.63) is 0 Å². The van der Waals surface area contributed by atoms with E-state index in [1.54, 1.807) is 0 Å². The van der Waals surface area contributed by atoms with Crippen molar-refractivity contribution in [3.63, 3.8) is 0 Å². The van der Waals surface area contributed by atoms with Crippen molar-refractivity contribution in [1.29, 1.82) is 0 Å². The number of nitrogens with one attached hydrogen (secondary N) is 1. The first-order valence-electron chi connectivity index (χ1n) is 4.90. The van der Waals surface area contributed by atoms with Crippen LogP contribution in [-0.2, 0) is 0 Å². The second-order valence-corrected chi connectivity index (χ2v) is 5.08. The van der Waals surface area contributed by atoms with Crippen molar-refractivity contribution in [3.8, 4) is 0 Å². The van der Waals surface area contributed by atoms with E-state index in [0.717, 1.165) is 6.54 Å². The van der Waals surface area contributed by atoms with Gasteiger partial charge in [-0.25, -0.2) is 4.79 Å². The lowest BCUT2D eigenvalue weighted by atomic mass is 10.0. The van der Waals surface area contributed by atoms with Crippen LogP contribution in [0.25, 0.3) is 0 Å². The second kappa shape index (κ2) is 3.20. The van der Waals surface area contributed by atoms with E-state index in [4.69, 9.17) is 0 Å². The van der Waals surface area contributed by atoms with Crippen LogP contribution < -0.4 is 5.32 Å². The molecule has 1 heterocycles. The van der Waals surface area contributed by atoms with Gasteiger partial charge >= 0.3 is 6.03 Å². The van der Waals surface area contributed by atoms with Gasteiger partial charge in [-0.15, -0.1) is 0 Å². The van der Waals surface area contributed by atoms with Crippen molar-refractivity contribution in [2.45, 2.75) is 46.2 Å². The lowest BCUT2D eigenvalue weighted by Crippen LogP contribution is -2.43. The molecule has 3 heteroatoms. The first-order chi connectivity index (χ1) is 5.82. The Hall–Kier alpha value is -0.730. The van der Waals surface area contributed by atoms with Crippen molar-refractivity contribution < 1.29 is 4.79 Å². The summed E-state index contributed by atoms with van der Waals surface area (Å²) in [5.74, 6) is 0.510. The van der Waals surface area contributed by atoms with Gasteiger partial charge in [0.2, 0.25) is 0 Å². The van der Waals surface area contributed by atoms with E-state index >= 15 is 0 Å². The molecule has 0 spiro atoms. The van der Waals surface area contributed by atoms with E-state index in [1.165, 1.54) is 0 Å². The quantitative estimate of drug-likeness (QED) is 0.662. The normalized spacial score (nSPS) is 24.0. The number of carbonyl (C=O) groups excluding carboxylic acids is 1. The third kappa shape index (κ3) is 2.14. The number of urea groups is 1. The number of hydrogen-bond donors (Lipinski definition) is 1. The minimum absolute atomic E-state index is 0.0618. The van der Waals surface area contributed by atoms with Gasteiger partial charge in [0.1, 0.15) is 0 Å². The van der Waals surface area contributed by atoms with Crippen LogP contribution in [0, 0.1) is 5.92 Å². The standard InChI is InChI=1S/C10H20N2O/c1-7(2)8-6-12(9(13)11-8)10(3,4)5/h7-8H,6H2,1-5H3,(H,11,13). The van der Waals surface area contributed by atoms with Crippen LogP contribution in [0.4, 0.5) is 4.79 Å². The summed E-state index contributed by atoms with van der Waals surface area (Å²) in [5.41, 5.74) is -0.0618. The maximum absolute atomic E-state index is 11.6. The number of carbonyl (C=O) groups is 1. The van der Waals surface area contributed by atoms with Crippen LogP contribution in [0.3, 0.4) is 0 Å². The Kier molecular flexibility index (Phi) is 2.55. The number of hydrogen-bond acceptors (Lipinski definition) is 1. The number of nitrogens with zero attached hydrogens (tertiary/aromatic N) is 1. The highest BCUT2D eigenvalue weighted by Gasteiger charge is 2.36. The van der Waals surface area contributed by atoms with E-state index in [-0.39, 0.29) is 11.6 Å². The van der Waals surface area contributed by atoms with Gasteiger partial charge in [0.05, 0.1) is 6.04 Å². The molecular weight excluding hydrogens is 164 g/mol. The molecule has 0 bridgehead atoms. The summed E-state index contributed by atoms with van der Waals surface area (Å²) >= 11 is 0. The summed E-state index contributed by atoms with van der Waals surface area (Å²) in [6.07, 6.45) is 0. The van der Waals surface area contributed by atoms with Crippen LogP contribution in [0.15, 0.2) is 0 Å². The van der Waals surface area contributed by atoms with Crippen LogP contribution in [0.1, 0.15) is 34.6 Å². The second-order valence-electron chi connectivity index (χ2n) is 5.08. The largest absolute Gasteiger partial charge is 0.333 e. The van der Waals surface area contributed by atoms with Crippen molar-refractivity contribution in [2.24, 2.45) is 5.92 Å². The fraction of sp³-hybridized carbons (Fsp3) is 0.900. The molecule has 1 aliphatic heterocycles. The molecule has 76 valence electrons. The van der Waals surface area contributed by atoms with Crippen LogP contribution in [-0.4, -0.2) is 29.1 Å². The zero-order valence-corrected chi connectivity index (χ0v) is 9.22. The van der Waals surface area contributed by atoms with Gasteiger partial charge in [0, 0.05) is 12.1 Å². The number of rotatable bonds is 1. The SMILES string of the molecule is CC(C)C1CN(C(C)(C)C)C(=O)N1. The Bertz CT molecular complexity index is 205. The van der Waals surface area contributed by atoms with E-state index in [0.29, 0.717) is 12.0 Å². The van der Waals surface area contributed by atoms with Gasteiger partial charge in [-0.1, -0.05) is 13.8 Å². The highest BCUT2D eigenvalue weighted by Crippen LogP contribution is 2.20. The Balaban J connectivity index is 2.67. The summed E-state index contributed by atoms with van der Waals surface area (Å²) in [6.45, 7) is 11.3. The monoisotopic (exact) mass is 184 g/mol. The molecular formula is C10H20N2O. The lowest BCUT2D eigenvalue weighted by molar-refractivity contribution is 0.168. The van der Waals surface area contributed by atoms with E-state index in [2.05, 4.69) is 39.9 Å². The fourth-order valence-electron chi connectivity index (χ4n) is 1.52. The summed E-state index contributed by atoms with van der Waals surface area (Å²) in [6, 6.07) is 0.387. The van der Waals surface area contributed by atoms with Crippen LogP contribution in [0.5, 0.6) is 0 Å².